The quantitative estimate of drug-likeness (QED) is 0.248. The molecule has 0 fully saturated rings. The van der Waals surface area contributed by atoms with E-state index in [1.54, 1.807) is 24.4 Å². The number of nitrogens with one attached hydrogen (secondary N) is 1. The van der Waals surface area contributed by atoms with Gasteiger partial charge in [0.2, 0.25) is 0 Å². The molecule has 0 aliphatic rings. The Morgan fingerprint density at radius 2 is 2.05 bits per heavy atom. The van der Waals surface area contributed by atoms with Crippen molar-refractivity contribution in [2.45, 2.75) is 13.0 Å². The summed E-state index contributed by atoms with van der Waals surface area (Å²) in [6.45, 7) is 1.29. The Balaban J connectivity index is 1.88. The Morgan fingerprint density at radius 1 is 1.29 bits per heavy atom. The van der Waals surface area contributed by atoms with Gasteiger partial charge < -0.3 is 16.3 Å². The molecule has 0 aliphatic heterocycles. The highest BCUT2D eigenvalue weighted by Crippen LogP contribution is 2.06. The summed E-state index contributed by atoms with van der Waals surface area (Å²) in [5.41, 5.74) is 7.96. The average molecular weight is 288 g/mol. The molecule has 0 saturated heterocycles. The highest BCUT2D eigenvalue weighted by Gasteiger charge is 2.07. The van der Waals surface area contributed by atoms with Gasteiger partial charge in [-0.05, 0) is 42.3 Å². The predicted octanol–water partition coefficient (Wildman–Crippen LogP) is 1.65. The number of rotatable bonds is 6. The third-order valence-electron chi connectivity index (χ3n) is 3.06. The summed E-state index contributed by atoms with van der Waals surface area (Å²) < 4.78 is 12.8. The summed E-state index contributed by atoms with van der Waals surface area (Å²) in [6, 6.07) is 10.1. The number of aromatic nitrogens is 1. The first-order chi connectivity index (χ1) is 10.2. The number of halogens is 1. The minimum atomic E-state index is -0.231. The van der Waals surface area contributed by atoms with Gasteiger partial charge >= 0.3 is 0 Å². The van der Waals surface area contributed by atoms with E-state index in [2.05, 4.69) is 15.5 Å². The van der Waals surface area contributed by atoms with Crippen LogP contribution < -0.4 is 11.1 Å². The Kier molecular flexibility index (Phi) is 5.22. The van der Waals surface area contributed by atoms with E-state index in [1.165, 1.54) is 12.1 Å². The minimum absolute atomic E-state index is 0.00839. The Bertz CT molecular complexity index is 613. The van der Waals surface area contributed by atoms with Crippen molar-refractivity contribution in [3.63, 3.8) is 0 Å². The molecule has 2 rings (SSSR count). The minimum Gasteiger partial charge on any atom is -0.409 e. The molecule has 1 aromatic carbocycles. The predicted molar refractivity (Wildman–Crippen MR) is 78.6 cm³/mol. The van der Waals surface area contributed by atoms with E-state index in [-0.39, 0.29) is 11.7 Å². The van der Waals surface area contributed by atoms with E-state index < -0.39 is 0 Å². The lowest BCUT2D eigenvalue weighted by molar-refractivity contribution is 0.318. The molecule has 1 heterocycles. The van der Waals surface area contributed by atoms with E-state index in [1.807, 2.05) is 6.07 Å². The third kappa shape index (κ3) is 4.25. The molecule has 0 spiro atoms. The zero-order chi connectivity index (χ0) is 15.1. The molecule has 0 radical (unpaired) electrons. The number of benzene rings is 1. The average Bonchev–Trinajstić information content (AvgIpc) is 2.53. The van der Waals surface area contributed by atoms with E-state index in [4.69, 9.17) is 10.9 Å². The lowest BCUT2D eigenvalue weighted by Gasteiger charge is -2.08. The molecule has 0 aliphatic carbocycles. The van der Waals surface area contributed by atoms with Crippen molar-refractivity contribution in [3.05, 3.63) is 65.2 Å². The van der Waals surface area contributed by atoms with Crippen LogP contribution in [0.2, 0.25) is 0 Å². The lowest BCUT2D eigenvalue weighted by Crippen LogP contribution is -2.22. The fourth-order valence-electron chi connectivity index (χ4n) is 1.97. The molecular formula is C15H17FN4O. The van der Waals surface area contributed by atoms with Crippen LogP contribution in [0.25, 0.3) is 0 Å². The van der Waals surface area contributed by atoms with Gasteiger partial charge in [0.1, 0.15) is 11.5 Å². The van der Waals surface area contributed by atoms with E-state index >= 15 is 0 Å². The lowest BCUT2D eigenvalue weighted by atomic mass is 10.1. The number of oxime groups is 1. The molecule has 0 bridgehead atoms. The second-order valence-electron chi connectivity index (χ2n) is 4.55. The first-order valence-corrected chi connectivity index (χ1v) is 6.57. The molecule has 2 aromatic rings. The van der Waals surface area contributed by atoms with Crippen molar-refractivity contribution in [1.29, 1.82) is 0 Å². The number of nitrogens with zero attached hydrogens (tertiary/aromatic N) is 2. The number of hydrogen-bond acceptors (Lipinski definition) is 4. The smallest absolute Gasteiger partial charge is 0.189 e. The van der Waals surface area contributed by atoms with Crippen LogP contribution in [-0.2, 0) is 13.0 Å². The maximum Gasteiger partial charge on any atom is 0.189 e. The Hall–Kier alpha value is -2.47. The largest absolute Gasteiger partial charge is 0.409 e. The summed E-state index contributed by atoms with van der Waals surface area (Å²) in [5.74, 6) is -0.239. The van der Waals surface area contributed by atoms with Crippen LogP contribution in [0.5, 0.6) is 0 Å². The molecule has 110 valence electrons. The third-order valence-corrected chi connectivity index (χ3v) is 3.06. The fraction of sp³-hybridized carbons (Fsp3) is 0.200. The standard InChI is InChI=1S/C15H17FN4O/c16-13-5-3-11(4-6-13)7-9-18-10-12-2-1-8-19-14(12)15(17)20-21/h1-6,8,18,21H,7,9-10H2,(H2,17,20). The van der Waals surface area contributed by atoms with Gasteiger partial charge in [-0.15, -0.1) is 0 Å². The molecule has 0 saturated carbocycles. The second-order valence-corrected chi connectivity index (χ2v) is 4.55. The van der Waals surface area contributed by atoms with Gasteiger partial charge in [-0.25, -0.2) is 4.39 Å². The van der Waals surface area contributed by atoms with Crippen LogP contribution in [-0.4, -0.2) is 22.6 Å². The van der Waals surface area contributed by atoms with E-state index in [0.717, 1.165) is 24.1 Å². The first-order valence-electron chi connectivity index (χ1n) is 6.57. The van der Waals surface area contributed by atoms with Gasteiger partial charge in [0.25, 0.3) is 0 Å². The van der Waals surface area contributed by atoms with E-state index in [9.17, 15) is 4.39 Å². The van der Waals surface area contributed by atoms with Gasteiger partial charge in [0, 0.05) is 12.7 Å². The topological polar surface area (TPSA) is 83.5 Å². The van der Waals surface area contributed by atoms with E-state index in [0.29, 0.717) is 12.2 Å². The van der Waals surface area contributed by atoms with Crippen molar-refractivity contribution < 1.29 is 9.60 Å². The summed E-state index contributed by atoms with van der Waals surface area (Å²) in [5, 5.41) is 15.0. The molecule has 0 amide bonds. The molecule has 4 N–H and O–H groups in total. The fourth-order valence-corrected chi connectivity index (χ4v) is 1.97. The molecule has 1 aromatic heterocycles. The number of nitrogens with two attached hydrogens (primary N) is 1. The highest BCUT2D eigenvalue weighted by atomic mass is 19.1. The van der Waals surface area contributed by atoms with Crippen molar-refractivity contribution in [2.24, 2.45) is 10.9 Å². The monoisotopic (exact) mass is 288 g/mol. The maximum absolute atomic E-state index is 12.8. The highest BCUT2D eigenvalue weighted by molar-refractivity contribution is 5.96. The zero-order valence-corrected chi connectivity index (χ0v) is 11.5. The number of hydrogen-bond donors (Lipinski definition) is 3. The van der Waals surface area contributed by atoms with Crippen molar-refractivity contribution in [3.8, 4) is 0 Å². The van der Waals surface area contributed by atoms with Gasteiger partial charge in [0.15, 0.2) is 5.84 Å². The van der Waals surface area contributed by atoms with Gasteiger partial charge in [0.05, 0.1) is 0 Å². The Labute approximate surface area is 122 Å². The molecule has 6 heteroatoms. The van der Waals surface area contributed by atoms with Gasteiger partial charge in [-0.2, -0.15) is 0 Å². The van der Waals surface area contributed by atoms with Crippen LogP contribution in [0.15, 0.2) is 47.8 Å². The summed E-state index contributed by atoms with van der Waals surface area (Å²) in [6.07, 6.45) is 2.38. The van der Waals surface area contributed by atoms with Crippen LogP contribution >= 0.6 is 0 Å². The van der Waals surface area contributed by atoms with Gasteiger partial charge in [-0.1, -0.05) is 23.4 Å². The summed E-state index contributed by atoms with van der Waals surface area (Å²) in [7, 11) is 0. The van der Waals surface area contributed by atoms with Crippen LogP contribution in [0.1, 0.15) is 16.8 Å². The van der Waals surface area contributed by atoms with Crippen LogP contribution in [0, 0.1) is 5.82 Å². The Morgan fingerprint density at radius 3 is 2.76 bits per heavy atom. The molecule has 0 atom stereocenters. The van der Waals surface area contributed by atoms with Crippen molar-refractivity contribution in [1.82, 2.24) is 10.3 Å². The van der Waals surface area contributed by atoms with Crippen molar-refractivity contribution in [2.75, 3.05) is 6.54 Å². The second kappa shape index (κ2) is 7.35. The normalized spacial score (nSPS) is 11.6. The van der Waals surface area contributed by atoms with Crippen LogP contribution in [0.3, 0.4) is 0 Å². The van der Waals surface area contributed by atoms with Crippen LogP contribution in [0.4, 0.5) is 4.39 Å². The number of amidine groups is 1. The molecular weight excluding hydrogens is 271 g/mol. The summed E-state index contributed by atoms with van der Waals surface area (Å²) in [4.78, 5) is 4.10. The zero-order valence-electron chi connectivity index (χ0n) is 11.5. The summed E-state index contributed by atoms with van der Waals surface area (Å²) >= 11 is 0. The maximum atomic E-state index is 12.8. The number of pyridine rings is 1. The molecule has 21 heavy (non-hydrogen) atoms. The first kappa shape index (κ1) is 14.9. The molecule has 5 nitrogen and oxygen atoms in total. The van der Waals surface area contributed by atoms with Crippen molar-refractivity contribution >= 4 is 5.84 Å². The molecule has 0 unspecified atom stereocenters. The van der Waals surface area contributed by atoms with Gasteiger partial charge in [-0.3, -0.25) is 4.98 Å². The SMILES string of the molecule is NC(=NO)c1ncccc1CNCCc1ccc(F)cc1.